The fourth-order valence-electron chi connectivity index (χ4n) is 2.64. The average Bonchev–Trinajstić information content (AvgIpc) is 2.46. The van der Waals surface area contributed by atoms with Crippen molar-refractivity contribution in [3.63, 3.8) is 0 Å². The maximum atomic E-state index is 8.36. The summed E-state index contributed by atoms with van der Waals surface area (Å²) in [5.41, 5.74) is 0. The van der Waals surface area contributed by atoms with Gasteiger partial charge in [0.25, 0.3) is 6.47 Å². The second kappa shape index (κ2) is 19.9. The zero-order chi connectivity index (χ0) is 15.7. The van der Waals surface area contributed by atoms with Gasteiger partial charge in [-0.3, -0.25) is 4.79 Å². The number of carbonyl (C=O) groups is 1. The lowest BCUT2D eigenvalue weighted by Gasteiger charge is -2.39. The number of unbranched alkanes of at least 4 members (excludes halogenated alkanes) is 4. The molecule has 0 rings (SSSR count). The molecule has 0 saturated heterocycles. The number of halogens is 1. The molecule has 0 aromatic heterocycles. The molecule has 3 nitrogen and oxygen atoms in total. The first-order chi connectivity index (χ1) is 9.66. The maximum absolute atomic E-state index is 8.36. The molecule has 21 heavy (non-hydrogen) atoms. The minimum atomic E-state index is -0.250. The number of carboxylic acid groups (broad SMARTS) is 1. The van der Waals surface area contributed by atoms with Gasteiger partial charge in [0.2, 0.25) is 0 Å². The third kappa shape index (κ3) is 16.1. The highest BCUT2D eigenvalue weighted by Gasteiger charge is 2.24. The second-order valence-corrected chi connectivity index (χ2v) is 5.76. The summed E-state index contributed by atoms with van der Waals surface area (Å²) in [5.74, 6) is 0. The maximum Gasteiger partial charge on any atom is 0.290 e. The van der Waals surface area contributed by atoms with Gasteiger partial charge in [0, 0.05) is 0 Å². The molecule has 0 radical (unpaired) electrons. The summed E-state index contributed by atoms with van der Waals surface area (Å²) in [6.45, 7) is 14.8. The zero-order valence-corrected chi connectivity index (χ0v) is 16.3. The second-order valence-electron chi connectivity index (χ2n) is 5.76. The lowest BCUT2D eigenvalue weighted by Crippen LogP contribution is -3.00. The summed E-state index contributed by atoms with van der Waals surface area (Å²) in [6, 6.07) is 0. The summed E-state index contributed by atoms with van der Waals surface area (Å²) < 4.78 is 1.42. The van der Waals surface area contributed by atoms with E-state index in [-0.39, 0.29) is 23.5 Å². The fourth-order valence-corrected chi connectivity index (χ4v) is 2.64. The summed E-state index contributed by atoms with van der Waals surface area (Å²) in [6.07, 6.45) is 11.1. The highest BCUT2D eigenvalue weighted by molar-refractivity contribution is 5.32. The Labute approximate surface area is 143 Å². The summed E-state index contributed by atoms with van der Waals surface area (Å²) in [7, 11) is 0. The van der Waals surface area contributed by atoms with Crippen molar-refractivity contribution in [3.8, 4) is 0 Å². The van der Waals surface area contributed by atoms with E-state index in [2.05, 4.69) is 27.7 Å². The van der Waals surface area contributed by atoms with Crippen molar-refractivity contribution in [2.24, 2.45) is 0 Å². The first-order valence-electron chi connectivity index (χ1n) is 8.59. The van der Waals surface area contributed by atoms with Crippen LogP contribution >= 0.6 is 0 Å². The summed E-state index contributed by atoms with van der Waals surface area (Å²) in [5, 5.41) is 6.89. The number of rotatable bonds is 12. The first kappa shape index (κ1) is 25.8. The van der Waals surface area contributed by atoms with Crippen LogP contribution < -0.4 is 17.0 Å². The van der Waals surface area contributed by atoms with E-state index in [0.29, 0.717) is 0 Å². The lowest BCUT2D eigenvalue weighted by atomic mass is 10.1. The molecule has 1 N–H and O–H groups in total. The Morgan fingerprint density at radius 1 is 0.714 bits per heavy atom. The number of nitrogens with zero attached hydrogens (tertiary/aromatic N) is 1. The Balaban J connectivity index is -0.000000740. The average molecular weight is 368 g/mol. The van der Waals surface area contributed by atoms with Crippen LogP contribution in [0, 0.1) is 0 Å². The molecule has 0 aromatic rings. The monoisotopic (exact) mass is 367 g/mol. The van der Waals surface area contributed by atoms with Crippen LogP contribution in [0.2, 0.25) is 0 Å². The minimum Gasteiger partial charge on any atom is -1.00 e. The van der Waals surface area contributed by atoms with E-state index in [1.54, 1.807) is 0 Å². The van der Waals surface area contributed by atoms with Crippen molar-refractivity contribution in [2.45, 2.75) is 79.1 Å². The Kier molecular flexibility index (Phi) is 24.5. The molecule has 130 valence electrons. The quantitative estimate of drug-likeness (QED) is 0.421. The Hall–Kier alpha value is -0.0900. The molecular weight excluding hydrogens is 330 g/mol. The van der Waals surface area contributed by atoms with Gasteiger partial charge in [-0.2, -0.15) is 0 Å². The third-order valence-corrected chi connectivity index (χ3v) is 3.94. The molecule has 0 unspecified atom stereocenters. The highest BCUT2D eigenvalue weighted by Crippen LogP contribution is 2.16. The molecule has 0 bridgehead atoms. The smallest absolute Gasteiger partial charge is 0.290 e. The Morgan fingerprint density at radius 3 is 1.05 bits per heavy atom. The molecule has 0 fully saturated rings. The van der Waals surface area contributed by atoms with Crippen molar-refractivity contribution in [2.75, 3.05) is 26.2 Å². The van der Waals surface area contributed by atoms with Crippen LogP contribution in [0.1, 0.15) is 79.1 Å². The van der Waals surface area contributed by atoms with E-state index < -0.39 is 0 Å². The van der Waals surface area contributed by atoms with E-state index in [1.807, 2.05) is 0 Å². The first-order valence-corrected chi connectivity index (χ1v) is 8.59. The number of hydrogen-bond donors (Lipinski definition) is 1. The Bertz CT molecular complexity index is 164. The number of quaternary nitrogens is 1. The van der Waals surface area contributed by atoms with Crippen LogP contribution in [-0.4, -0.2) is 42.2 Å². The molecule has 0 heterocycles. The van der Waals surface area contributed by atoms with Crippen LogP contribution in [0.4, 0.5) is 0 Å². The van der Waals surface area contributed by atoms with E-state index in [9.17, 15) is 0 Å². The lowest BCUT2D eigenvalue weighted by molar-refractivity contribution is -0.929. The van der Waals surface area contributed by atoms with Gasteiger partial charge in [0.05, 0.1) is 26.2 Å². The van der Waals surface area contributed by atoms with Crippen molar-refractivity contribution in [1.82, 2.24) is 0 Å². The van der Waals surface area contributed by atoms with Crippen LogP contribution in [0.5, 0.6) is 0 Å². The van der Waals surface area contributed by atoms with Crippen LogP contribution in [0.3, 0.4) is 0 Å². The standard InChI is InChI=1S/C16H36N.CH2O2.BrH/c1-5-9-13-17(14-10-6-2,15-11-7-3)16-12-8-4;2-1-3;/h5-16H2,1-4H3;1H,(H,2,3);1H/q+1;;/p-1. The van der Waals surface area contributed by atoms with E-state index in [1.165, 1.54) is 82.0 Å². The van der Waals surface area contributed by atoms with Gasteiger partial charge in [0.1, 0.15) is 0 Å². The molecule has 0 saturated carbocycles. The van der Waals surface area contributed by atoms with Crippen LogP contribution in [-0.2, 0) is 4.79 Å². The normalized spacial score (nSPS) is 10.3. The van der Waals surface area contributed by atoms with Crippen molar-refractivity contribution in [3.05, 3.63) is 0 Å². The molecule has 0 aromatic carbocycles. The van der Waals surface area contributed by atoms with E-state index >= 15 is 0 Å². The van der Waals surface area contributed by atoms with Gasteiger partial charge in [-0.15, -0.1) is 0 Å². The molecular formula is C17H38BrNO2. The topological polar surface area (TPSA) is 37.3 Å². The van der Waals surface area contributed by atoms with Gasteiger partial charge >= 0.3 is 0 Å². The molecule has 0 amide bonds. The van der Waals surface area contributed by atoms with Crippen molar-refractivity contribution < 1.29 is 31.4 Å². The van der Waals surface area contributed by atoms with Gasteiger partial charge in [-0.25, -0.2) is 0 Å². The summed E-state index contributed by atoms with van der Waals surface area (Å²) in [4.78, 5) is 8.36. The van der Waals surface area contributed by atoms with Gasteiger partial charge in [-0.1, -0.05) is 53.4 Å². The van der Waals surface area contributed by atoms with Crippen LogP contribution in [0.15, 0.2) is 0 Å². The largest absolute Gasteiger partial charge is 1.00 e. The number of hydrogen-bond acceptors (Lipinski definition) is 1. The van der Waals surface area contributed by atoms with Crippen molar-refractivity contribution in [1.29, 1.82) is 0 Å². The van der Waals surface area contributed by atoms with Gasteiger partial charge in [0.15, 0.2) is 0 Å². The Morgan fingerprint density at radius 2 is 0.905 bits per heavy atom. The van der Waals surface area contributed by atoms with E-state index in [0.717, 1.165) is 0 Å². The van der Waals surface area contributed by atoms with E-state index in [4.69, 9.17) is 9.90 Å². The summed E-state index contributed by atoms with van der Waals surface area (Å²) >= 11 is 0. The molecule has 0 atom stereocenters. The minimum absolute atomic E-state index is 0. The molecule has 4 heteroatoms. The molecule has 0 aliphatic rings. The zero-order valence-electron chi connectivity index (χ0n) is 14.7. The van der Waals surface area contributed by atoms with Gasteiger partial charge in [-0.05, 0) is 25.7 Å². The molecule has 0 aliphatic carbocycles. The third-order valence-electron chi connectivity index (χ3n) is 3.94. The SMILES string of the molecule is CCCC[N+](CCCC)(CCCC)CCCC.O=CO.[Br-]. The van der Waals surface area contributed by atoms with Crippen molar-refractivity contribution >= 4 is 6.47 Å². The predicted octanol–water partition coefficient (Wildman–Crippen LogP) is 1.71. The fraction of sp³-hybridized carbons (Fsp3) is 0.941. The molecule has 0 aliphatic heterocycles. The molecule has 0 spiro atoms. The van der Waals surface area contributed by atoms with Gasteiger partial charge < -0.3 is 26.6 Å². The highest BCUT2D eigenvalue weighted by atomic mass is 79.9. The predicted molar refractivity (Wildman–Crippen MR) is 88.1 cm³/mol. The van der Waals surface area contributed by atoms with Crippen LogP contribution in [0.25, 0.3) is 0 Å².